The number of benzene rings is 14. The van der Waals surface area contributed by atoms with E-state index in [1.165, 1.54) is 94.5 Å². The lowest BCUT2D eigenvalue weighted by Gasteiger charge is -2.14. The number of thiophene rings is 2. The summed E-state index contributed by atoms with van der Waals surface area (Å²) in [5.41, 5.74) is 17.3. The van der Waals surface area contributed by atoms with Gasteiger partial charge in [-0.15, -0.1) is 22.7 Å². The summed E-state index contributed by atoms with van der Waals surface area (Å²) < 4.78 is 14.6. The van der Waals surface area contributed by atoms with Crippen LogP contribution >= 0.6 is 22.7 Å². The fourth-order valence-corrected chi connectivity index (χ4v) is 18.2. The second kappa shape index (κ2) is 23.3. The average molecular weight is 1340 g/mol. The van der Waals surface area contributed by atoms with Crippen molar-refractivity contribution in [1.82, 2.24) is 38.2 Å². The molecule has 8 heterocycles. The molecule has 476 valence electrons. The summed E-state index contributed by atoms with van der Waals surface area (Å²) in [6.45, 7) is 0. The molecule has 10 heteroatoms. The van der Waals surface area contributed by atoms with Gasteiger partial charge in [0.25, 0.3) is 0 Å². The smallest absolute Gasteiger partial charge is 0.163 e. The zero-order chi connectivity index (χ0) is 66.9. The number of fused-ring (bicyclic) bond motifs is 20. The molecule has 8 aromatic heterocycles. The van der Waals surface area contributed by atoms with E-state index >= 15 is 0 Å². The predicted molar refractivity (Wildman–Crippen MR) is 429 cm³/mol. The number of hydrogen-bond acceptors (Lipinski definition) is 6. The van der Waals surface area contributed by atoms with Crippen molar-refractivity contribution in [1.29, 1.82) is 0 Å². The van der Waals surface area contributed by atoms with Crippen LogP contribution in [0.3, 0.4) is 0 Å². The van der Waals surface area contributed by atoms with E-state index in [-0.39, 0.29) is 0 Å². The van der Waals surface area contributed by atoms with Gasteiger partial charge in [-0.1, -0.05) is 255 Å². The second-order valence-corrected chi connectivity index (χ2v) is 28.1. The number of aromatic nitrogens is 8. The molecule has 0 aliphatic heterocycles. The Labute approximate surface area is 592 Å². The van der Waals surface area contributed by atoms with E-state index in [0.29, 0.717) is 11.6 Å². The summed E-state index contributed by atoms with van der Waals surface area (Å²) in [4.78, 5) is 21.4. The Hall–Kier alpha value is -13.1. The van der Waals surface area contributed by atoms with Gasteiger partial charge in [0.15, 0.2) is 11.6 Å². The minimum atomic E-state index is 0.696. The summed E-state index contributed by atoms with van der Waals surface area (Å²) in [6, 6.07) is 121. The fraction of sp³-hybridized carbons (Fsp3) is 0. The van der Waals surface area contributed by atoms with E-state index in [2.05, 4.69) is 352 Å². The van der Waals surface area contributed by atoms with Crippen molar-refractivity contribution in [2.45, 2.75) is 0 Å². The van der Waals surface area contributed by atoms with Crippen molar-refractivity contribution < 1.29 is 0 Å². The number of rotatable bonds is 8. The molecule has 0 aliphatic rings. The largest absolute Gasteiger partial charge is 0.307 e. The van der Waals surface area contributed by atoms with Crippen molar-refractivity contribution in [3.05, 3.63) is 340 Å². The lowest BCUT2D eigenvalue weighted by molar-refractivity contribution is 1.05. The van der Waals surface area contributed by atoms with Crippen LogP contribution in [0.15, 0.2) is 340 Å². The number of para-hydroxylation sites is 6. The third-order valence-electron chi connectivity index (χ3n) is 20.3. The molecule has 0 N–H and O–H groups in total. The van der Waals surface area contributed by atoms with Crippen molar-refractivity contribution in [2.75, 3.05) is 0 Å². The minimum absolute atomic E-state index is 0.696. The molecular formula is C92H56N8S2. The highest BCUT2D eigenvalue weighted by atomic mass is 32.1. The monoisotopic (exact) mass is 1340 g/mol. The van der Waals surface area contributed by atoms with Gasteiger partial charge >= 0.3 is 0 Å². The SMILES string of the molecule is c1ccc(-c2cc(-n3c4ccccc4c4ccc5c6ccccc6n(-c6ccccc6)c5c43)nc(-c3cccc4c3sc3ccccc34)n2)cc1.c1ccc(-c2nc(-c3ccc4c(c3)sc3ccccc34)cc(-n3c4ccccc4c4ccc5c6ccccc6n(-c6ccccc6)c5c43)n2)cc1. The maximum absolute atomic E-state index is 5.50. The molecule has 0 amide bonds. The molecule has 0 atom stereocenters. The van der Waals surface area contributed by atoms with Crippen molar-refractivity contribution in [3.63, 3.8) is 0 Å². The van der Waals surface area contributed by atoms with Crippen LogP contribution in [0.25, 0.3) is 196 Å². The molecule has 8 nitrogen and oxygen atoms in total. The molecule has 0 saturated carbocycles. The maximum atomic E-state index is 5.50. The van der Waals surface area contributed by atoms with Gasteiger partial charge < -0.3 is 9.13 Å². The lowest BCUT2D eigenvalue weighted by Crippen LogP contribution is -2.04. The van der Waals surface area contributed by atoms with E-state index in [1.54, 1.807) is 11.3 Å². The molecule has 22 aromatic rings. The van der Waals surface area contributed by atoms with Gasteiger partial charge in [0.1, 0.15) is 11.6 Å². The van der Waals surface area contributed by atoms with Crippen LogP contribution in [0.2, 0.25) is 0 Å². The summed E-state index contributed by atoms with van der Waals surface area (Å²) >= 11 is 3.64. The Bertz CT molecular complexity index is 7120. The van der Waals surface area contributed by atoms with E-state index in [0.717, 1.165) is 89.8 Å². The molecule has 0 aliphatic carbocycles. The van der Waals surface area contributed by atoms with Gasteiger partial charge in [-0.05, 0) is 72.8 Å². The van der Waals surface area contributed by atoms with Crippen molar-refractivity contribution >= 4 is 150 Å². The Kier molecular flexibility index (Phi) is 13.2. The first kappa shape index (κ1) is 57.9. The summed E-state index contributed by atoms with van der Waals surface area (Å²) in [7, 11) is 0. The van der Waals surface area contributed by atoms with Crippen LogP contribution in [0.5, 0.6) is 0 Å². The van der Waals surface area contributed by atoms with Crippen LogP contribution in [-0.4, -0.2) is 38.2 Å². The molecule has 0 spiro atoms. The molecule has 0 fully saturated rings. The molecule has 22 rings (SSSR count). The first-order valence-electron chi connectivity index (χ1n) is 34.4. The molecule has 14 aromatic carbocycles. The molecule has 0 saturated heterocycles. The first-order valence-corrected chi connectivity index (χ1v) is 36.0. The van der Waals surface area contributed by atoms with Crippen LogP contribution < -0.4 is 0 Å². The first-order chi connectivity index (χ1) is 50.6. The molecule has 102 heavy (non-hydrogen) atoms. The summed E-state index contributed by atoms with van der Waals surface area (Å²) in [6.07, 6.45) is 0. The van der Waals surface area contributed by atoms with Crippen LogP contribution in [0, 0.1) is 0 Å². The standard InChI is InChI=1S/2C46H28N4S/c1-3-14-29(15-4-1)38-28-42(48-46(47-38)37-22-13-21-36-33-20-9-12-25-41(33)51-45(36)37)50-40-24-11-8-19-32(40)35-27-26-34-31-18-7-10-23-39(31)49(43(34)44(35)50)30-16-5-2-6-17-30;1-3-13-29(14-4-1)46-47-38(30-23-24-35-34-19-9-12-22-41(34)51-42(35)27-30)28-43(48-46)50-40-21-11-8-18-33(40)37-26-25-36-32-17-7-10-20-39(32)49(44(36)45(37)50)31-15-5-2-6-16-31/h2*1-28H. The predicted octanol–water partition coefficient (Wildman–Crippen LogP) is 24.7. The van der Waals surface area contributed by atoms with Gasteiger partial charge in [0.2, 0.25) is 0 Å². The third-order valence-corrected chi connectivity index (χ3v) is 22.6. The molecule has 0 radical (unpaired) electrons. The topological polar surface area (TPSA) is 71.3 Å². The normalized spacial score (nSPS) is 11.9. The van der Waals surface area contributed by atoms with E-state index in [4.69, 9.17) is 19.9 Å². The molecular weight excluding hydrogens is 1280 g/mol. The average Bonchev–Trinajstić information content (AvgIpc) is 1.55. The highest BCUT2D eigenvalue weighted by molar-refractivity contribution is 7.26. The summed E-state index contributed by atoms with van der Waals surface area (Å²) in [5.74, 6) is 3.07. The van der Waals surface area contributed by atoms with Crippen LogP contribution in [0.1, 0.15) is 0 Å². The van der Waals surface area contributed by atoms with Gasteiger partial charge in [-0.2, -0.15) is 0 Å². The quantitative estimate of drug-likeness (QED) is 0.152. The van der Waals surface area contributed by atoms with Crippen molar-refractivity contribution in [2.24, 2.45) is 0 Å². The zero-order valence-electron chi connectivity index (χ0n) is 54.7. The highest BCUT2D eigenvalue weighted by Crippen LogP contribution is 2.46. The van der Waals surface area contributed by atoms with Gasteiger partial charge in [-0.3, -0.25) is 9.13 Å². The Morgan fingerprint density at radius 1 is 0.216 bits per heavy atom. The Balaban J connectivity index is 0.000000133. The van der Waals surface area contributed by atoms with Gasteiger partial charge in [0, 0.05) is 129 Å². The van der Waals surface area contributed by atoms with E-state index in [9.17, 15) is 0 Å². The summed E-state index contributed by atoms with van der Waals surface area (Å²) in [5, 5.41) is 14.7. The van der Waals surface area contributed by atoms with Crippen molar-refractivity contribution in [3.8, 4) is 68.3 Å². The number of hydrogen-bond donors (Lipinski definition) is 0. The lowest BCUT2D eigenvalue weighted by atomic mass is 10.1. The molecule has 0 unspecified atom stereocenters. The Morgan fingerprint density at radius 2 is 0.578 bits per heavy atom. The third kappa shape index (κ3) is 9.06. The molecule has 0 bridgehead atoms. The highest BCUT2D eigenvalue weighted by Gasteiger charge is 2.26. The Morgan fingerprint density at radius 3 is 1.10 bits per heavy atom. The fourth-order valence-electron chi connectivity index (χ4n) is 15.8. The van der Waals surface area contributed by atoms with Gasteiger partial charge in [-0.25, -0.2) is 19.9 Å². The maximum Gasteiger partial charge on any atom is 0.163 e. The van der Waals surface area contributed by atoms with Gasteiger partial charge in [0.05, 0.1) is 55.5 Å². The van der Waals surface area contributed by atoms with E-state index in [1.807, 2.05) is 17.4 Å². The zero-order valence-corrected chi connectivity index (χ0v) is 56.4. The second-order valence-electron chi connectivity index (χ2n) is 26.0. The van der Waals surface area contributed by atoms with Crippen LogP contribution in [0.4, 0.5) is 0 Å². The minimum Gasteiger partial charge on any atom is -0.307 e. The number of nitrogens with zero attached hydrogens (tertiary/aromatic N) is 8. The van der Waals surface area contributed by atoms with E-state index < -0.39 is 0 Å². The van der Waals surface area contributed by atoms with Crippen LogP contribution in [-0.2, 0) is 0 Å².